The summed E-state index contributed by atoms with van der Waals surface area (Å²) in [5, 5.41) is 7.29. The smallest absolute Gasteiger partial charge is 0.274 e. The molecule has 2 aromatic carbocycles. The molecule has 1 heterocycles. The van der Waals surface area contributed by atoms with Gasteiger partial charge in [-0.05, 0) is 50.3 Å². The van der Waals surface area contributed by atoms with Gasteiger partial charge in [-0.3, -0.25) is 9.48 Å². The third-order valence-electron chi connectivity index (χ3n) is 4.39. The van der Waals surface area contributed by atoms with E-state index in [-0.39, 0.29) is 24.1 Å². The van der Waals surface area contributed by atoms with Crippen LogP contribution in [-0.4, -0.2) is 54.9 Å². The average molecular weight is 448 g/mol. The minimum atomic E-state index is -2.53. The van der Waals surface area contributed by atoms with E-state index >= 15 is 0 Å². The molecule has 3 rings (SSSR count). The number of hydrogen-bond acceptors (Lipinski definition) is 5. The van der Waals surface area contributed by atoms with Crippen LogP contribution in [0.15, 0.2) is 60.7 Å². The Morgan fingerprint density at radius 2 is 1.90 bits per heavy atom. The molecule has 0 bridgehead atoms. The summed E-state index contributed by atoms with van der Waals surface area (Å²) in [5.74, 6) is 0.220. The lowest BCUT2D eigenvalue weighted by molar-refractivity contribution is 0.101. The maximum absolute atomic E-state index is 13.0. The van der Waals surface area contributed by atoms with Crippen LogP contribution in [0.2, 0.25) is 0 Å². The first-order chi connectivity index (χ1) is 15.7. The second kappa shape index (κ2) is 12.0. The summed E-state index contributed by atoms with van der Waals surface area (Å²) in [4.78, 5) is 15.1. The molecule has 0 fully saturated rings. The average Bonchev–Trinajstić information content (AvgIpc) is 3.15. The van der Waals surface area contributed by atoms with E-state index in [4.69, 9.17) is 13.6 Å². The van der Waals surface area contributed by atoms with E-state index in [0.29, 0.717) is 30.4 Å². The number of aromatic nitrogens is 2. The fourth-order valence-corrected chi connectivity index (χ4v) is 2.88. The molecule has 1 N–H and O–H groups in total. The number of carbonyl (C=O) groups excluding carboxylic acids is 1. The highest BCUT2D eigenvalue weighted by molar-refractivity contribution is 6.03. The zero-order chi connectivity index (χ0) is 23.8. The quantitative estimate of drug-likeness (QED) is 0.477. The van der Waals surface area contributed by atoms with Gasteiger partial charge < -0.3 is 19.7 Å². The van der Waals surface area contributed by atoms with Gasteiger partial charge in [0.1, 0.15) is 11.4 Å². The number of carbonyl (C=O) groups is 1. The van der Waals surface area contributed by atoms with Crippen LogP contribution in [0.25, 0.3) is 0 Å². The lowest BCUT2D eigenvalue weighted by Gasteiger charge is -2.09. The van der Waals surface area contributed by atoms with E-state index in [0.717, 1.165) is 18.5 Å². The largest absolute Gasteiger partial charge is 0.497 e. The molecule has 7 nitrogen and oxygen atoms in total. The molecule has 3 aromatic rings. The van der Waals surface area contributed by atoms with E-state index in [1.54, 1.807) is 22.9 Å². The molecule has 0 aliphatic carbocycles. The molecule has 31 heavy (non-hydrogen) atoms. The van der Waals surface area contributed by atoms with Crippen molar-refractivity contribution < 1.29 is 18.4 Å². The van der Waals surface area contributed by atoms with Crippen LogP contribution in [-0.2, 0) is 6.54 Å². The molecule has 0 spiro atoms. The van der Waals surface area contributed by atoms with Gasteiger partial charge in [0.25, 0.3) is 5.91 Å². The van der Waals surface area contributed by atoms with E-state index in [9.17, 15) is 4.79 Å². The Balaban J connectivity index is 0.00000408. The van der Waals surface area contributed by atoms with Gasteiger partial charge in [-0.1, -0.05) is 30.3 Å². The number of ether oxygens (including phenoxy) is 2. The lowest BCUT2D eigenvalue weighted by atomic mass is 10.2. The van der Waals surface area contributed by atoms with Crippen LogP contribution in [0, 0.1) is 0 Å². The Labute approximate surface area is 193 Å². The van der Waals surface area contributed by atoms with E-state index in [1.165, 1.54) is 12.1 Å². The highest BCUT2D eigenvalue weighted by Crippen LogP contribution is 2.19. The molecule has 0 unspecified atom stereocenters. The van der Waals surface area contributed by atoms with Gasteiger partial charge in [0, 0.05) is 18.3 Å². The monoisotopic (exact) mass is 447 g/mol. The molecule has 0 aliphatic rings. The Morgan fingerprint density at radius 3 is 2.58 bits per heavy atom. The van der Waals surface area contributed by atoms with Crippen molar-refractivity contribution in [3.05, 3.63) is 71.9 Å². The first kappa shape index (κ1) is 19.9. The van der Waals surface area contributed by atoms with Gasteiger partial charge in [-0.2, -0.15) is 0 Å². The van der Waals surface area contributed by atoms with Crippen LogP contribution < -0.4 is 14.8 Å². The number of methoxy groups -OCH3 is 1. The number of nitrogens with zero attached hydrogens (tertiary/aromatic N) is 3. The zero-order valence-electron chi connectivity index (χ0n) is 20.6. The summed E-state index contributed by atoms with van der Waals surface area (Å²) in [6.07, 6.45) is 0.838. The molecular formula is C23H29ClN4O3. The minimum Gasteiger partial charge on any atom is -0.497 e. The van der Waals surface area contributed by atoms with Crippen molar-refractivity contribution in [3.63, 3.8) is 0 Å². The number of rotatable bonds is 10. The van der Waals surface area contributed by atoms with Gasteiger partial charge in [-0.25, -0.2) is 0 Å². The predicted molar refractivity (Wildman–Crippen MR) is 125 cm³/mol. The normalized spacial score (nSPS) is 12.3. The fourth-order valence-electron chi connectivity index (χ4n) is 2.88. The number of anilines is 1. The van der Waals surface area contributed by atoms with E-state index in [2.05, 4.69) is 15.3 Å². The van der Waals surface area contributed by atoms with Gasteiger partial charge in [0.2, 0.25) is 5.88 Å². The molecule has 0 atom stereocenters. The van der Waals surface area contributed by atoms with Crippen molar-refractivity contribution in [1.82, 2.24) is 14.7 Å². The lowest BCUT2D eigenvalue weighted by Crippen LogP contribution is -2.18. The van der Waals surface area contributed by atoms with Crippen molar-refractivity contribution in [2.24, 2.45) is 0 Å². The van der Waals surface area contributed by atoms with Crippen molar-refractivity contribution >= 4 is 24.0 Å². The third kappa shape index (κ3) is 7.31. The molecule has 1 aromatic heterocycles. The van der Waals surface area contributed by atoms with Crippen molar-refractivity contribution in [2.75, 3.05) is 39.6 Å². The van der Waals surface area contributed by atoms with Gasteiger partial charge in [0.15, 0.2) is 0 Å². The standard InChI is InChI=1S/C23H28N4O3.ClH/c1-26(2)14-7-15-30-22-16-21(27(25-22)17-18-8-5-4-6-9-18)23(28)24-19-10-12-20(29-3)13-11-19;/h4-6,8-13,16H,7,14-15,17H2,1-3H3,(H,24,28);1H/i3D3;. The zero-order valence-corrected chi connectivity index (χ0v) is 18.4. The molecule has 0 aliphatic heterocycles. The maximum Gasteiger partial charge on any atom is 0.274 e. The van der Waals surface area contributed by atoms with E-state index < -0.39 is 7.04 Å². The first-order valence-corrected chi connectivity index (χ1v) is 9.69. The van der Waals surface area contributed by atoms with Gasteiger partial charge in [0.05, 0.1) is 24.3 Å². The van der Waals surface area contributed by atoms with Crippen LogP contribution in [0.4, 0.5) is 5.69 Å². The Hall–Kier alpha value is -3.03. The number of hydrogen-bond donors (Lipinski definition) is 1. The summed E-state index contributed by atoms with van der Waals surface area (Å²) in [7, 11) is 1.47. The summed E-state index contributed by atoms with van der Waals surface area (Å²) >= 11 is 0. The van der Waals surface area contributed by atoms with Crippen molar-refractivity contribution in [1.29, 1.82) is 0 Å². The van der Waals surface area contributed by atoms with Crippen LogP contribution in [0.1, 0.15) is 26.6 Å². The minimum absolute atomic E-state index is 0. The molecule has 8 heteroatoms. The Morgan fingerprint density at radius 1 is 1.16 bits per heavy atom. The molecule has 166 valence electrons. The number of benzene rings is 2. The molecule has 0 saturated carbocycles. The number of halogens is 1. The molecular weight excluding hydrogens is 416 g/mol. The van der Waals surface area contributed by atoms with Gasteiger partial charge >= 0.3 is 0 Å². The van der Waals surface area contributed by atoms with Crippen LogP contribution in [0.3, 0.4) is 0 Å². The van der Waals surface area contributed by atoms with Gasteiger partial charge in [-0.15, -0.1) is 17.5 Å². The third-order valence-corrected chi connectivity index (χ3v) is 4.39. The summed E-state index contributed by atoms with van der Waals surface area (Å²) in [6.45, 7) is 1.79. The molecule has 1 amide bonds. The Kier molecular flexibility index (Phi) is 7.69. The van der Waals surface area contributed by atoms with Crippen LogP contribution in [0.5, 0.6) is 11.6 Å². The van der Waals surface area contributed by atoms with Crippen molar-refractivity contribution in [3.8, 4) is 11.6 Å². The second-order valence-electron chi connectivity index (χ2n) is 7.10. The van der Waals surface area contributed by atoms with E-state index in [1.807, 2.05) is 44.4 Å². The number of amides is 1. The second-order valence-corrected chi connectivity index (χ2v) is 7.10. The highest BCUT2D eigenvalue weighted by Gasteiger charge is 2.17. The highest BCUT2D eigenvalue weighted by atomic mass is 35.5. The first-order valence-electron chi connectivity index (χ1n) is 11.2. The summed E-state index contributed by atoms with van der Waals surface area (Å²) < 4.78 is 33.7. The topological polar surface area (TPSA) is 68.6 Å². The number of nitrogens with one attached hydrogen (secondary N) is 1. The fraction of sp³-hybridized carbons (Fsp3) is 0.304. The maximum atomic E-state index is 13.0. The Bertz CT molecular complexity index is 1040. The van der Waals surface area contributed by atoms with Crippen LogP contribution >= 0.6 is 12.4 Å². The summed E-state index contributed by atoms with van der Waals surface area (Å²) in [5.41, 5.74) is 1.85. The predicted octanol–water partition coefficient (Wildman–Crippen LogP) is 3.94. The molecule has 0 saturated heterocycles. The SMILES string of the molecule is Cl.[2H]C([2H])([2H])Oc1ccc(NC(=O)c2cc(OCCCN(C)C)nn2Cc2ccccc2)cc1. The summed E-state index contributed by atoms with van der Waals surface area (Å²) in [6, 6.07) is 17.5. The molecule has 0 radical (unpaired) electrons. The van der Waals surface area contributed by atoms with Crippen molar-refractivity contribution in [2.45, 2.75) is 13.0 Å².